The summed E-state index contributed by atoms with van der Waals surface area (Å²) in [6.45, 7) is 7.86. The minimum Gasteiger partial charge on any atom is -0.341 e. The first-order chi connectivity index (χ1) is 9.97. The molecule has 0 aliphatic rings. The summed E-state index contributed by atoms with van der Waals surface area (Å²) in [7, 11) is 0. The lowest BCUT2D eigenvalue weighted by Gasteiger charge is -2.05. The van der Waals surface area contributed by atoms with Crippen molar-refractivity contribution in [3.8, 4) is 11.4 Å². The molecule has 2 N–H and O–H groups in total. The number of rotatable bonds is 6. The first kappa shape index (κ1) is 15.2. The molecule has 21 heavy (non-hydrogen) atoms. The lowest BCUT2D eigenvalue weighted by molar-refractivity contribution is -0.384. The van der Waals surface area contributed by atoms with Crippen LogP contribution in [0.4, 0.5) is 5.69 Å². The number of hydrogen-bond acceptors (Lipinski definition) is 4. The van der Waals surface area contributed by atoms with Gasteiger partial charge in [0.1, 0.15) is 5.82 Å². The molecule has 112 valence electrons. The lowest BCUT2D eigenvalue weighted by atomic mass is 10.1. The Morgan fingerprint density at radius 2 is 2.19 bits per heavy atom. The van der Waals surface area contributed by atoms with Gasteiger partial charge in [0.05, 0.1) is 4.92 Å². The van der Waals surface area contributed by atoms with Crippen molar-refractivity contribution < 1.29 is 4.92 Å². The van der Waals surface area contributed by atoms with E-state index >= 15 is 0 Å². The molecule has 6 nitrogen and oxygen atoms in total. The van der Waals surface area contributed by atoms with Crippen LogP contribution in [-0.2, 0) is 6.54 Å². The van der Waals surface area contributed by atoms with Crippen molar-refractivity contribution in [1.82, 2.24) is 15.3 Å². The summed E-state index contributed by atoms with van der Waals surface area (Å²) in [5.41, 5.74) is 2.76. The normalized spacial score (nSPS) is 11.0. The Balaban J connectivity index is 2.17. The number of H-pyrrole nitrogens is 1. The molecule has 0 unspecified atom stereocenters. The maximum atomic E-state index is 10.9. The summed E-state index contributed by atoms with van der Waals surface area (Å²) in [5, 5.41) is 14.2. The summed E-state index contributed by atoms with van der Waals surface area (Å²) in [6, 6.07) is 4.80. The SMILES string of the molecule is Cc1ccc([N+](=O)[O-])cc1-c1ncc(CNCC(C)C)[nH]1. The fraction of sp³-hybridized carbons (Fsp3) is 0.400. The Hall–Kier alpha value is -2.21. The molecule has 0 atom stereocenters. The second kappa shape index (κ2) is 6.49. The van der Waals surface area contributed by atoms with Crippen molar-refractivity contribution in [1.29, 1.82) is 0 Å². The molecule has 0 amide bonds. The Morgan fingerprint density at radius 1 is 1.43 bits per heavy atom. The molecule has 0 fully saturated rings. The number of imidazole rings is 1. The molecule has 0 saturated carbocycles. The molecule has 0 bridgehead atoms. The van der Waals surface area contributed by atoms with Gasteiger partial charge in [-0.3, -0.25) is 10.1 Å². The van der Waals surface area contributed by atoms with Crippen LogP contribution in [0, 0.1) is 23.0 Å². The minimum atomic E-state index is -0.392. The van der Waals surface area contributed by atoms with Gasteiger partial charge in [-0.25, -0.2) is 4.98 Å². The first-order valence-electron chi connectivity index (χ1n) is 6.97. The Kier molecular flexibility index (Phi) is 4.70. The van der Waals surface area contributed by atoms with Crippen molar-refractivity contribution in [2.24, 2.45) is 5.92 Å². The van der Waals surface area contributed by atoms with Gasteiger partial charge < -0.3 is 10.3 Å². The zero-order valence-electron chi connectivity index (χ0n) is 12.5. The molecule has 0 aliphatic heterocycles. The predicted octanol–water partition coefficient (Wildman–Crippen LogP) is 3.04. The van der Waals surface area contributed by atoms with Crippen molar-refractivity contribution in [2.75, 3.05) is 6.54 Å². The molecule has 0 spiro atoms. The number of non-ortho nitro benzene ring substituents is 1. The number of nitrogens with zero attached hydrogens (tertiary/aromatic N) is 2. The van der Waals surface area contributed by atoms with Gasteiger partial charge in [-0.15, -0.1) is 0 Å². The third kappa shape index (κ3) is 3.88. The maximum absolute atomic E-state index is 10.9. The highest BCUT2D eigenvalue weighted by molar-refractivity contribution is 5.63. The third-order valence-corrected chi connectivity index (χ3v) is 3.18. The average molecular weight is 288 g/mol. The molecular weight excluding hydrogens is 268 g/mol. The van der Waals surface area contributed by atoms with Crippen LogP contribution in [0.3, 0.4) is 0 Å². The fourth-order valence-electron chi connectivity index (χ4n) is 2.06. The molecule has 0 radical (unpaired) electrons. The van der Waals surface area contributed by atoms with E-state index in [9.17, 15) is 10.1 Å². The predicted molar refractivity (Wildman–Crippen MR) is 82.0 cm³/mol. The van der Waals surface area contributed by atoms with Crippen LogP contribution in [0.1, 0.15) is 25.1 Å². The van der Waals surface area contributed by atoms with E-state index < -0.39 is 4.92 Å². The van der Waals surface area contributed by atoms with Crippen LogP contribution in [0.15, 0.2) is 24.4 Å². The average Bonchev–Trinajstić information content (AvgIpc) is 2.87. The molecule has 1 aromatic carbocycles. The van der Waals surface area contributed by atoms with Gasteiger partial charge in [0.15, 0.2) is 0 Å². The third-order valence-electron chi connectivity index (χ3n) is 3.18. The largest absolute Gasteiger partial charge is 0.341 e. The smallest absolute Gasteiger partial charge is 0.270 e. The Morgan fingerprint density at radius 3 is 2.86 bits per heavy atom. The van der Waals surface area contributed by atoms with Crippen LogP contribution in [0.2, 0.25) is 0 Å². The number of aromatic amines is 1. The lowest BCUT2D eigenvalue weighted by Crippen LogP contribution is -2.19. The summed E-state index contributed by atoms with van der Waals surface area (Å²) in [5.74, 6) is 1.25. The number of nitro benzene ring substituents is 1. The van der Waals surface area contributed by atoms with Crippen LogP contribution in [0.25, 0.3) is 11.4 Å². The second-order valence-electron chi connectivity index (χ2n) is 5.54. The van der Waals surface area contributed by atoms with E-state index in [4.69, 9.17) is 0 Å². The summed E-state index contributed by atoms with van der Waals surface area (Å²) < 4.78 is 0. The maximum Gasteiger partial charge on any atom is 0.270 e. The zero-order chi connectivity index (χ0) is 15.4. The van der Waals surface area contributed by atoms with Gasteiger partial charge >= 0.3 is 0 Å². The number of hydrogen-bond donors (Lipinski definition) is 2. The summed E-state index contributed by atoms with van der Waals surface area (Å²) in [6.07, 6.45) is 1.76. The first-order valence-corrected chi connectivity index (χ1v) is 6.97. The van der Waals surface area contributed by atoms with E-state index in [0.29, 0.717) is 18.3 Å². The molecule has 2 aromatic rings. The van der Waals surface area contributed by atoms with Gasteiger partial charge in [0, 0.05) is 36.1 Å². The quantitative estimate of drug-likeness (QED) is 0.632. The van der Waals surface area contributed by atoms with Gasteiger partial charge in [0.25, 0.3) is 5.69 Å². The highest BCUT2D eigenvalue weighted by Gasteiger charge is 2.12. The topological polar surface area (TPSA) is 83.8 Å². The highest BCUT2D eigenvalue weighted by atomic mass is 16.6. The zero-order valence-corrected chi connectivity index (χ0v) is 12.5. The van der Waals surface area contributed by atoms with E-state index in [1.807, 2.05) is 6.92 Å². The Labute approximate surface area is 123 Å². The van der Waals surface area contributed by atoms with Crippen molar-refractivity contribution >= 4 is 5.69 Å². The van der Waals surface area contributed by atoms with E-state index in [1.54, 1.807) is 18.3 Å². The molecular formula is C15H20N4O2. The van der Waals surface area contributed by atoms with Crippen molar-refractivity contribution in [3.05, 3.63) is 45.8 Å². The molecule has 6 heteroatoms. The molecule has 0 aliphatic carbocycles. The number of benzene rings is 1. The van der Waals surface area contributed by atoms with Gasteiger partial charge in [-0.1, -0.05) is 19.9 Å². The number of aromatic nitrogens is 2. The van der Waals surface area contributed by atoms with Gasteiger partial charge in [0.2, 0.25) is 0 Å². The van der Waals surface area contributed by atoms with Crippen LogP contribution < -0.4 is 5.32 Å². The summed E-state index contributed by atoms with van der Waals surface area (Å²) in [4.78, 5) is 18.0. The van der Waals surface area contributed by atoms with E-state index in [1.165, 1.54) is 6.07 Å². The van der Waals surface area contributed by atoms with Crippen LogP contribution in [0.5, 0.6) is 0 Å². The van der Waals surface area contributed by atoms with E-state index in [-0.39, 0.29) is 5.69 Å². The second-order valence-corrected chi connectivity index (χ2v) is 5.54. The highest BCUT2D eigenvalue weighted by Crippen LogP contribution is 2.25. The number of nitrogens with one attached hydrogen (secondary N) is 2. The Bertz CT molecular complexity index is 634. The molecule has 1 aromatic heterocycles. The molecule has 2 rings (SSSR count). The van der Waals surface area contributed by atoms with E-state index in [2.05, 4.69) is 29.1 Å². The minimum absolute atomic E-state index is 0.0754. The number of aryl methyl sites for hydroxylation is 1. The molecule has 0 saturated heterocycles. The monoisotopic (exact) mass is 288 g/mol. The standard InChI is InChI=1S/C15H20N4O2/c1-10(2)7-16-8-12-9-17-15(18-12)14-6-13(19(20)21)5-4-11(14)3/h4-6,9-10,16H,7-8H2,1-3H3,(H,17,18). The van der Waals surface area contributed by atoms with Crippen LogP contribution >= 0.6 is 0 Å². The number of nitro groups is 1. The molecule has 1 heterocycles. The van der Waals surface area contributed by atoms with Crippen LogP contribution in [-0.4, -0.2) is 21.4 Å². The van der Waals surface area contributed by atoms with Gasteiger partial charge in [-0.2, -0.15) is 0 Å². The van der Waals surface area contributed by atoms with Crippen molar-refractivity contribution in [2.45, 2.75) is 27.3 Å². The van der Waals surface area contributed by atoms with Gasteiger partial charge in [-0.05, 0) is 24.9 Å². The van der Waals surface area contributed by atoms with E-state index in [0.717, 1.165) is 23.4 Å². The van der Waals surface area contributed by atoms with Crippen molar-refractivity contribution in [3.63, 3.8) is 0 Å². The summed E-state index contributed by atoms with van der Waals surface area (Å²) >= 11 is 0. The fourth-order valence-corrected chi connectivity index (χ4v) is 2.06.